The third kappa shape index (κ3) is 3.17. The molecular weight excluding hydrogens is 310 g/mol. The minimum Gasteiger partial charge on any atom is -0.487 e. The molecule has 3 heteroatoms. The zero-order chi connectivity index (χ0) is 17.1. The maximum absolute atomic E-state index is 9.41. The highest BCUT2D eigenvalue weighted by atomic mass is 16.5. The van der Waals surface area contributed by atoms with E-state index in [0.717, 1.165) is 27.5 Å². The Hall–Kier alpha value is -3.33. The summed E-state index contributed by atoms with van der Waals surface area (Å²) >= 11 is 0. The van der Waals surface area contributed by atoms with Crippen molar-refractivity contribution in [3.8, 4) is 5.75 Å². The van der Waals surface area contributed by atoms with Gasteiger partial charge in [-0.2, -0.15) is 0 Å². The molecule has 4 aromatic carbocycles. The first-order valence-corrected chi connectivity index (χ1v) is 8.15. The van der Waals surface area contributed by atoms with E-state index in [4.69, 9.17) is 4.74 Å². The van der Waals surface area contributed by atoms with Gasteiger partial charge in [0.15, 0.2) is 0 Å². The zero-order valence-corrected chi connectivity index (χ0v) is 13.6. The Morgan fingerprint density at radius 3 is 2.00 bits per heavy atom. The van der Waals surface area contributed by atoms with Crippen molar-refractivity contribution in [1.29, 1.82) is 0 Å². The maximum atomic E-state index is 9.41. The van der Waals surface area contributed by atoms with Gasteiger partial charge in [-0.3, -0.25) is 0 Å². The Bertz CT molecular complexity index is 1070. The van der Waals surface area contributed by atoms with Gasteiger partial charge in [0.1, 0.15) is 18.1 Å². The van der Waals surface area contributed by atoms with Crippen LogP contribution in [-0.2, 0) is 0 Å². The van der Waals surface area contributed by atoms with Crippen molar-refractivity contribution in [2.45, 2.75) is 0 Å². The highest BCUT2D eigenvalue weighted by molar-refractivity contribution is 6.04. The lowest BCUT2D eigenvalue weighted by Crippen LogP contribution is -2.13. The number of nitrogens with zero attached hydrogens (tertiary/aromatic N) is 1. The Morgan fingerprint density at radius 1 is 0.720 bits per heavy atom. The van der Waals surface area contributed by atoms with E-state index in [1.54, 1.807) is 0 Å². The predicted octanol–water partition coefficient (Wildman–Crippen LogP) is 5.25. The Balaban J connectivity index is 1.56. The Morgan fingerprint density at radius 2 is 1.32 bits per heavy atom. The lowest BCUT2D eigenvalue weighted by Gasteiger charge is -2.10. The zero-order valence-electron chi connectivity index (χ0n) is 13.6. The molecule has 0 atom stereocenters. The quantitative estimate of drug-likeness (QED) is 0.316. The minimum atomic E-state index is 0.202. The molecule has 0 unspecified atom stereocenters. The van der Waals surface area contributed by atoms with Crippen molar-refractivity contribution in [3.63, 3.8) is 0 Å². The fraction of sp³-hybridized carbons (Fsp3) is 0.0455. The molecular formula is C22H17NO2. The van der Waals surface area contributed by atoms with Crippen LogP contribution in [0.1, 0.15) is 5.56 Å². The lowest BCUT2D eigenvalue weighted by molar-refractivity contribution is 0.308. The van der Waals surface area contributed by atoms with Crippen molar-refractivity contribution in [1.82, 2.24) is 0 Å². The largest absolute Gasteiger partial charge is 0.487 e. The van der Waals surface area contributed by atoms with E-state index in [-0.39, 0.29) is 6.61 Å². The van der Waals surface area contributed by atoms with Crippen molar-refractivity contribution in [2.24, 2.45) is 5.16 Å². The summed E-state index contributed by atoms with van der Waals surface area (Å²) in [7, 11) is 0. The molecule has 1 N–H and O–H groups in total. The normalized spacial score (nSPS) is 11.8. The molecule has 0 radical (unpaired) electrons. The summed E-state index contributed by atoms with van der Waals surface area (Å²) in [4.78, 5) is 0. The first-order valence-electron chi connectivity index (χ1n) is 8.15. The molecule has 0 aliphatic rings. The molecule has 0 aliphatic heterocycles. The summed E-state index contributed by atoms with van der Waals surface area (Å²) in [5, 5.41) is 17.4. The smallest absolute Gasteiger partial charge is 0.134 e. The third-order valence-electron chi connectivity index (χ3n) is 4.30. The van der Waals surface area contributed by atoms with Gasteiger partial charge in [-0.1, -0.05) is 71.9 Å². The molecule has 0 heterocycles. The number of ether oxygens (including phenoxy) is 1. The molecule has 0 amide bonds. The number of oxime groups is 1. The summed E-state index contributed by atoms with van der Waals surface area (Å²) in [5.74, 6) is 0.751. The first-order chi connectivity index (χ1) is 12.3. The van der Waals surface area contributed by atoms with E-state index in [0.29, 0.717) is 5.71 Å². The number of benzene rings is 4. The molecule has 0 fully saturated rings. The van der Waals surface area contributed by atoms with Gasteiger partial charge in [0.05, 0.1) is 0 Å². The van der Waals surface area contributed by atoms with Crippen LogP contribution >= 0.6 is 0 Å². The fourth-order valence-corrected chi connectivity index (χ4v) is 2.95. The summed E-state index contributed by atoms with van der Waals surface area (Å²) in [5.41, 5.74) is 1.35. The van der Waals surface area contributed by atoms with Gasteiger partial charge in [0.2, 0.25) is 0 Å². The molecule has 4 aromatic rings. The minimum absolute atomic E-state index is 0.202. The molecule has 0 bridgehead atoms. The van der Waals surface area contributed by atoms with Gasteiger partial charge in [0, 0.05) is 5.56 Å². The van der Waals surface area contributed by atoms with Crippen molar-refractivity contribution < 1.29 is 9.94 Å². The molecule has 4 rings (SSSR count). The number of hydrogen-bond donors (Lipinski definition) is 1. The molecule has 0 aromatic heterocycles. The van der Waals surface area contributed by atoms with Gasteiger partial charge in [0.25, 0.3) is 0 Å². The summed E-state index contributed by atoms with van der Waals surface area (Å²) in [6, 6.07) is 28.1. The molecule has 0 saturated carbocycles. The molecule has 0 spiro atoms. The number of rotatable bonds is 4. The topological polar surface area (TPSA) is 41.8 Å². The van der Waals surface area contributed by atoms with Crippen LogP contribution in [0.25, 0.3) is 21.5 Å². The second-order valence-corrected chi connectivity index (χ2v) is 5.91. The Labute approximate surface area is 145 Å². The average molecular weight is 327 g/mol. The van der Waals surface area contributed by atoms with Gasteiger partial charge in [-0.15, -0.1) is 0 Å². The predicted molar refractivity (Wildman–Crippen MR) is 102 cm³/mol. The van der Waals surface area contributed by atoms with Gasteiger partial charge in [-0.05, 0) is 39.7 Å². The number of hydrogen-bond acceptors (Lipinski definition) is 3. The van der Waals surface area contributed by atoms with Crippen LogP contribution in [0.5, 0.6) is 5.75 Å². The van der Waals surface area contributed by atoms with Crippen LogP contribution in [-0.4, -0.2) is 17.5 Å². The van der Waals surface area contributed by atoms with Crippen LogP contribution in [0, 0.1) is 0 Å². The van der Waals surface area contributed by atoms with Crippen molar-refractivity contribution in [2.75, 3.05) is 6.61 Å². The maximum Gasteiger partial charge on any atom is 0.134 e. The SMILES string of the molecule is O/N=C(\COc1ccc2ccccc2c1)c1ccc2ccccc2c1. The van der Waals surface area contributed by atoms with Crippen LogP contribution < -0.4 is 4.74 Å². The van der Waals surface area contributed by atoms with Crippen LogP contribution in [0.15, 0.2) is 90.1 Å². The van der Waals surface area contributed by atoms with E-state index in [1.165, 1.54) is 5.39 Å². The van der Waals surface area contributed by atoms with Crippen molar-refractivity contribution in [3.05, 3.63) is 90.5 Å². The van der Waals surface area contributed by atoms with Gasteiger partial charge in [-0.25, -0.2) is 0 Å². The third-order valence-corrected chi connectivity index (χ3v) is 4.30. The second kappa shape index (κ2) is 6.65. The van der Waals surface area contributed by atoms with Crippen molar-refractivity contribution >= 4 is 27.3 Å². The first kappa shape index (κ1) is 15.2. The Kier molecular flexibility index (Phi) is 4.05. The van der Waals surface area contributed by atoms with Crippen LogP contribution in [0.2, 0.25) is 0 Å². The monoisotopic (exact) mass is 327 g/mol. The van der Waals surface area contributed by atoms with E-state index in [1.807, 2.05) is 72.8 Å². The van der Waals surface area contributed by atoms with E-state index >= 15 is 0 Å². The number of fused-ring (bicyclic) bond motifs is 2. The van der Waals surface area contributed by atoms with E-state index in [9.17, 15) is 5.21 Å². The highest BCUT2D eigenvalue weighted by Gasteiger charge is 2.07. The van der Waals surface area contributed by atoms with E-state index in [2.05, 4.69) is 17.3 Å². The molecule has 25 heavy (non-hydrogen) atoms. The van der Waals surface area contributed by atoms with E-state index < -0.39 is 0 Å². The van der Waals surface area contributed by atoms with Crippen LogP contribution in [0.4, 0.5) is 0 Å². The standard InChI is InChI=1S/C22H17NO2/c24-23-22(20-10-9-16-5-1-3-7-18(16)13-20)15-25-21-12-11-17-6-2-4-8-19(17)14-21/h1-14,24H,15H2/b23-22+. The lowest BCUT2D eigenvalue weighted by atomic mass is 10.0. The molecule has 122 valence electrons. The summed E-state index contributed by atoms with van der Waals surface area (Å²) in [6.45, 7) is 0.202. The molecule has 0 aliphatic carbocycles. The molecule has 0 saturated heterocycles. The van der Waals surface area contributed by atoms with Gasteiger partial charge >= 0.3 is 0 Å². The fourth-order valence-electron chi connectivity index (χ4n) is 2.95. The summed E-state index contributed by atoms with van der Waals surface area (Å²) < 4.78 is 5.84. The second-order valence-electron chi connectivity index (χ2n) is 5.91. The highest BCUT2D eigenvalue weighted by Crippen LogP contribution is 2.21. The average Bonchev–Trinajstić information content (AvgIpc) is 2.68. The molecule has 3 nitrogen and oxygen atoms in total. The summed E-state index contributed by atoms with van der Waals surface area (Å²) in [6.07, 6.45) is 0. The van der Waals surface area contributed by atoms with Crippen LogP contribution in [0.3, 0.4) is 0 Å². The van der Waals surface area contributed by atoms with Gasteiger partial charge < -0.3 is 9.94 Å².